The Morgan fingerprint density at radius 1 is 0.558 bits per heavy atom. The first kappa shape index (κ1) is 44.7. The van der Waals surface area contributed by atoms with Crippen molar-refractivity contribution >= 4 is 0 Å². The molecule has 4 atom stereocenters. The van der Waals surface area contributed by atoms with Gasteiger partial charge >= 0.3 is 0 Å². The first-order chi connectivity index (χ1) is 24.5. The molecule has 0 fully saturated rings. The van der Waals surface area contributed by atoms with Crippen LogP contribution in [0.1, 0.15) is 109 Å². The average molecular weight is 705 g/mol. The van der Waals surface area contributed by atoms with E-state index >= 15 is 0 Å². The second kappa shape index (κ2) is 21.9. The van der Waals surface area contributed by atoms with Crippen LogP contribution in [0.2, 0.25) is 0 Å². The molecule has 0 amide bonds. The second-order valence-corrected chi connectivity index (χ2v) is 16.7. The first-order valence-electron chi connectivity index (χ1n) is 19.5. The van der Waals surface area contributed by atoms with Crippen molar-refractivity contribution in [3.8, 4) is 0 Å². The fraction of sp³-hybridized carbons (Fsp3) is 0.480. The molecule has 2 aliphatic carbocycles. The minimum atomic E-state index is 0.144. The first-order valence-corrected chi connectivity index (χ1v) is 19.5. The van der Waals surface area contributed by atoms with Crippen LogP contribution in [0.5, 0.6) is 0 Å². The van der Waals surface area contributed by atoms with Gasteiger partial charge in [-0.2, -0.15) is 0 Å². The Labute approximate surface area is 319 Å². The van der Waals surface area contributed by atoms with Crippen molar-refractivity contribution in [2.24, 2.45) is 34.5 Å². The Balaban J connectivity index is 1.94. The molecule has 2 N–H and O–H groups in total. The molecule has 0 unspecified atom stereocenters. The van der Waals surface area contributed by atoms with E-state index in [1.807, 2.05) is 13.8 Å². The van der Waals surface area contributed by atoms with Gasteiger partial charge in [0.05, 0.1) is 13.2 Å². The van der Waals surface area contributed by atoms with E-state index in [-0.39, 0.29) is 24.0 Å². The van der Waals surface area contributed by atoms with E-state index in [0.717, 1.165) is 36.8 Å². The molecule has 0 spiro atoms. The zero-order valence-electron chi connectivity index (χ0n) is 34.8. The van der Waals surface area contributed by atoms with Crippen LogP contribution >= 0.6 is 0 Å². The standard InChI is InChI=1S/C50H72O2/c1-37(19-15-21-39(3)25-33-47-43(7)27-31-45(49(47,9)10)29-23-41(5)35-51)17-13-14-18-38(2)20-16-22-40(4)26-34-48-44(8)28-32-46(50(48,11)12)30-24-42(6)36-52/h13-28,33-34,45-48,51-52H,29-32,35-36H2,1-12H3/b14-13-,19-15+,20-16+,33-25+,34-26+,37-17+,38-18+,39-21+,40-22+,41-23+,42-24+/t45-,46-,47+,48+/m0/s1. The molecule has 0 aromatic heterocycles. The molecule has 0 heterocycles. The molecule has 2 nitrogen and oxygen atoms in total. The Hall–Kier alpha value is -3.46. The zero-order valence-corrected chi connectivity index (χ0v) is 34.8. The van der Waals surface area contributed by atoms with E-state index in [1.165, 1.54) is 33.4 Å². The minimum absolute atomic E-state index is 0.144. The van der Waals surface area contributed by atoms with E-state index < -0.39 is 0 Å². The zero-order chi connectivity index (χ0) is 38.9. The number of hydrogen-bond donors (Lipinski definition) is 2. The van der Waals surface area contributed by atoms with Gasteiger partial charge in [0.1, 0.15) is 0 Å². The van der Waals surface area contributed by atoms with E-state index in [9.17, 15) is 10.2 Å². The van der Waals surface area contributed by atoms with Crippen molar-refractivity contribution < 1.29 is 10.2 Å². The third-order valence-electron chi connectivity index (χ3n) is 11.5. The van der Waals surface area contributed by atoms with Crippen LogP contribution in [0.3, 0.4) is 0 Å². The van der Waals surface area contributed by atoms with Crippen molar-refractivity contribution in [1.82, 2.24) is 0 Å². The van der Waals surface area contributed by atoms with Gasteiger partial charge in [-0.3, -0.25) is 0 Å². The SMILES string of the molecule is CC1=CC[C@H](C/C=C(\C)CO)C(C)(C)[C@@H]1/C=C/C(C)=C/C=C/C(C)=C/C=C\C=C(C)\C=C\C=C(C)\C=C\[C@@H]1C(C)=CC[C@H](C/C=C(\C)CO)C1(C)C. The summed E-state index contributed by atoms with van der Waals surface area (Å²) in [6.45, 7) is 27.0. The quantitative estimate of drug-likeness (QED) is 0.124. The van der Waals surface area contributed by atoms with Gasteiger partial charge in [-0.25, -0.2) is 0 Å². The highest BCUT2D eigenvalue weighted by molar-refractivity contribution is 5.33. The molecule has 0 aliphatic heterocycles. The van der Waals surface area contributed by atoms with E-state index in [0.29, 0.717) is 23.7 Å². The molecular formula is C50H72O2. The van der Waals surface area contributed by atoms with E-state index in [4.69, 9.17) is 0 Å². The second-order valence-electron chi connectivity index (χ2n) is 16.7. The Kier molecular flexibility index (Phi) is 18.8. The number of aliphatic hydroxyl groups excluding tert-OH is 2. The average Bonchev–Trinajstić information content (AvgIpc) is 3.08. The highest BCUT2D eigenvalue weighted by Crippen LogP contribution is 2.48. The van der Waals surface area contributed by atoms with Gasteiger partial charge < -0.3 is 10.2 Å². The highest BCUT2D eigenvalue weighted by atomic mass is 16.3. The van der Waals surface area contributed by atoms with Gasteiger partial charge in [-0.05, 0) is 104 Å². The molecule has 0 aromatic carbocycles. The van der Waals surface area contributed by atoms with Crippen LogP contribution in [0.4, 0.5) is 0 Å². The lowest BCUT2D eigenvalue weighted by Crippen LogP contribution is -2.35. The van der Waals surface area contributed by atoms with Crippen LogP contribution < -0.4 is 0 Å². The van der Waals surface area contributed by atoms with Crippen LogP contribution in [-0.2, 0) is 0 Å². The molecule has 2 rings (SSSR count). The number of allylic oxidation sites excluding steroid dienone is 24. The lowest BCUT2D eigenvalue weighted by Gasteiger charge is -2.43. The lowest BCUT2D eigenvalue weighted by molar-refractivity contribution is 0.154. The summed E-state index contributed by atoms with van der Waals surface area (Å²) in [5.74, 6) is 1.94. The van der Waals surface area contributed by atoms with Gasteiger partial charge in [-0.1, -0.05) is 182 Å². The summed E-state index contributed by atoms with van der Waals surface area (Å²) in [6.07, 6.45) is 44.2. The fourth-order valence-corrected chi connectivity index (χ4v) is 7.45. The summed E-state index contributed by atoms with van der Waals surface area (Å²) in [7, 11) is 0. The molecular weight excluding hydrogens is 633 g/mol. The van der Waals surface area contributed by atoms with Crippen molar-refractivity contribution in [2.75, 3.05) is 13.2 Å². The van der Waals surface area contributed by atoms with Crippen LogP contribution in [-0.4, -0.2) is 23.4 Å². The smallest absolute Gasteiger partial charge is 0.0639 e. The maximum Gasteiger partial charge on any atom is 0.0639 e. The van der Waals surface area contributed by atoms with Gasteiger partial charge in [0.2, 0.25) is 0 Å². The molecule has 2 heteroatoms. The van der Waals surface area contributed by atoms with Gasteiger partial charge in [-0.15, -0.1) is 0 Å². The summed E-state index contributed by atoms with van der Waals surface area (Å²) < 4.78 is 0. The molecule has 0 saturated heterocycles. The summed E-state index contributed by atoms with van der Waals surface area (Å²) in [5.41, 5.74) is 10.2. The molecule has 284 valence electrons. The van der Waals surface area contributed by atoms with Gasteiger partial charge in [0, 0.05) is 11.8 Å². The monoisotopic (exact) mass is 705 g/mol. The Morgan fingerprint density at radius 2 is 0.885 bits per heavy atom. The van der Waals surface area contributed by atoms with Gasteiger partial charge in [0.15, 0.2) is 0 Å². The minimum Gasteiger partial charge on any atom is -0.392 e. The summed E-state index contributed by atoms with van der Waals surface area (Å²) >= 11 is 0. The van der Waals surface area contributed by atoms with E-state index in [2.05, 4.69) is 179 Å². The van der Waals surface area contributed by atoms with Crippen molar-refractivity contribution in [2.45, 2.75) is 109 Å². The van der Waals surface area contributed by atoms with Crippen molar-refractivity contribution in [1.29, 1.82) is 0 Å². The third-order valence-corrected chi connectivity index (χ3v) is 11.5. The molecule has 0 saturated carbocycles. The predicted molar refractivity (Wildman–Crippen MR) is 230 cm³/mol. The summed E-state index contributed by atoms with van der Waals surface area (Å²) in [4.78, 5) is 0. The Bertz CT molecular complexity index is 1460. The third kappa shape index (κ3) is 14.5. The maximum atomic E-state index is 9.41. The van der Waals surface area contributed by atoms with Gasteiger partial charge in [0.25, 0.3) is 0 Å². The van der Waals surface area contributed by atoms with Crippen LogP contribution in [0.25, 0.3) is 0 Å². The topological polar surface area (TPSA) is 40.5 Å². The number of hydrogen-bond acceptors (Lipinski definition) is 2. The van der Waals surface area contributed by atoms with Crippen molar-refractivity contribution in [3.63, 3.8) is 0 Å². The number of aliphatic hydroxyl groups is 2. The Morgan fingerprint density at radius 3 is 1.23 bits per heavy atom. The lowest BCUT2D eigenvalue weighted by atomic mass is 9.61. The molecule has 0 aromatic rings. The molecule has 2 aliphatic rings. The number of rotatable bonds is 16. The van der Waals surface area contributed by atoms with E-state index in [1.54, 1.807) is 0 Å². The molecule has 52 heavy (non-hydrogen) atoms. The largest absolute Gasteiger partial charge is 0.392 e. The maximum absolute atomic E-state index is 9.41. The molecule has 0 bridgehead atoms. The van der Waals surface area contributed by atoms with Crippen LogP contribution in [0, 0.1) is 34.5 Å². The molecule has 0 radical (unpaired) electrons. The summed E-state index contributed by atoms with van der Waals surface area (Å²) in [5, 5.41) is 18.8. The predicted octanol–water partition coefficient (Wildman–Crippen LogP) is 13.4. The fourth-order valence-electron chi connectivity index (χ4n) is 7.45. The highest BCUT2D eigenvalue weighted by Gasteiger charge is 2.39. The summed E-state index contributed by atoms with van der Waals surface area (Å²) in [6, 6.07) is 0. The van der Waals surface area contributed by atoms with Crippen LogP contribution in [0.15, 0.2) is 154 Å². The normalized spacial score (nSPS) is 25.7. The van der Waals surface area contributed by atoms with Crippen molar-refractivity contribution in [3.05, 3.63) is 154 Å².